The van der Waals surface area contributed by atoms with Crippen LogP contribution in [0.25, 0.3) is 0 Å². The number of ether oxygens (including phenoxy) is 1. The van der Waals surface area contributed by atoms with Crippen LogP contribution in [-0.4, -0.2) is 35.4 Å². The quantitative estimate of drug-likeness (QED) is 0.510. The number of halogens is 1. The van der Waals surface area contributed by atoms with Gasteiger partial charge >= 0.3 is 0 Å². The van der Waals surface area contributed by atoms with Crippen LogP contribution in [-0.2, 0) is 13.0 Å². The van der Waals surface area contributed by atoms with Gasteiger partial charge < -0.3 is 14.7 Å². The molecule has 1 aliphatic heterocycles. The van der Waals surface area contributed by atoms with Crippen LogP contribution in [0.4, 0.5) is 4.39 Å². The summed E-state index contributed by atoms with van der Waals surface area (Å²) < 4.78 is 19.0. The van der Waals surface area contributed by atoms with E-state index in [0.29, 0.717) is 31.6 Å². The highest BCUT2D eigenvalue weighted by molar-refractivity contribution is 5.95. The zero-order valence-electron chi connectivity index (χ0n) is 18.0. The lowest BCUT2D eigenvalue weighted by atomic mass is 10.0. The molecule has 3 aromatic rings. The third kappa shape index (κ3) is 5.81. The van der Waals surface area contributed by atoms with E-state index in [9.17, 15) is 14.3 Å². The average Bonchev–Trinajstić information content (AvgIpc) is 2.97. The molecule has 1 atom stereocenters. The Morgan fingerprint density at radius 1 is 1.06 bits per heavy atom. The van der Waals surface area contributed by atoms with Gasteiger partial charge in [0.1, 0.15) is 18.2 Å². The molecule has 4 rings (SSSR count). The normalized spacial score (nSPS) is 16.2. The molecule has 0 aliphatic carbocycles. The van der Waals surface area contributed by atoms with Gasteiger partial charge in [-0.3, -0.25) is 4.79 Å². The molecule has 32 heavy (non-hydrogen) atoms. The van der Waals surface area contributed by atoms with Crippen LogP contribution in [0, 0.1) is 5.82 Å². The molecule has 0 saturated heterocycles. The molecule has 0 amide bonds. The Morgan fingerprint density at radius 2 is 1.84 bits per heavy atom. The monoisotopic (exact) mass is 433 g/mol. The fourth-order valence-electron chi connectivity index (χ4n) is 4.11. The van der Waals surface area contributed by atoms with Gasteiger partial charge in [-0.05, 0) is 72.5 Å². The third-order valence-electron chi connectivity index (χ3n) is 5.89. The van der Waals surface area contributed by atoms with Gasteiger partial charge in [0.2, 0.25) is 0 Å². The zero-order valence-corrected chi connectivity index (χ0v) is 18.0. The smallest absolute Gasteiger partial charge is 0.162 e. The average molecular weight is 434 g/mol. The van der Waals surface area contributed by atoms with Gasteiger partial charge in [0, 0.05) is 25.1 Å². The van der Waals surface area contributed by atoms with Gasteiger partial charge in [-0.15, -0.1) is 0 Å². The molecular weight excluding hydrogens is 405 g/mol. The maximum absolute atomic E-state index is 13.0. The van der Waals surface area contributed by atoms with Gasteiger partial charge in [-0.2, -0.15) is 0 Å². The Kier molecular flexibility index (Phi) is 7.30. The number of aliphatic hydroxyl groups is 1. The summed E-state index contributed by atoms with van der Waals surface area (Å²) in [7, 11) is 0. The number of benzene rings is 3. The lowest BCUT2D eigenvalue weighted by molar-refractivity contribution is 0.0962. The van der Waals surface area contributed by atoms with Gasteiger partial charge in [0.25, 0.3) is 0 Å². The highest BCUT2D eigenvalue weighted by Crippen LogP contribution is 2.28. The number of ketones is 1. The Bertz CT molecular complexity index is 1040. The third-order valence-corrected chi connectivity index (χ3v) is 5.89. The number of nitrogens with zero attached hydrogens (tertiary/aromatic N) is 1. The summed E-state index contributed by atoms with van der Waals surface area (Å²) in [6.07, 6.45) is 1.36. The summed E-state index contributed by atoms with van der Waals surface area (Å²) in [6.45, 7) is 2.60. The van der Waals surface area contributed by atoms with E-state index in [1.54, 1.807) is 0 Å². The predicted octanol–water partition coefficient (Wildman–Crippen LogP) is 4.96. The van der Waals surface area contributed by atoms with Crippen molar-refractivity contribution in [1.82, 2.24) is 4.90 Å². The maximum Gasteiger partial charge on any atom is 0.162 e. The van der Waals surface area contributed by atoms with Gasteiger partial charge in [0.15, 0.2) is 5.78 Å². The Balaban J connectivity index is 1.30. The predicted molar refractivity (Wildman–Crippen MR) is 122 cm³/mol. The minimum atomic E-state index is -0.566. The van der Waals surface area contributed by atoms with E-state index in [2.05, 4.69) is 4.90 Å². The first-order chi connectivity index (χ1) is 15.6. The summed E-state index contributed by atoms with van der Waals surface area (Å²) in [5.74, 6) is 0.482. The number of rotatable bonds is 8. The van der Waals surface area contributed by atoms with E-state index in [1.807, 2.05) is 48.5 Å². The lowest BCUT2D eigenvalue weighted by Crippen LogP contribution is -2.29. The number of hydrogen-bond acceptors (Lipinski definition) is 4. The largest absolute Gasteiger partial charge is 0.489 e. The van der Waals surface area contributed by atoms with Crippen molar-refractivity contribution >= 4 is 5.78 Å². The fourth-order valence-corrected chi connectivity index (χ4v) is 4.11. The van der Waals surface area contributed by atoms with Crippen LogP contribution >= 0.6 is 0 Å². The van der Waals surface area contributed by atoms with E-state index < -0.39 is 6.10 Å². The molecule has 0 bridgehead atoms. The first-order valence-corrected chi connectivity index (χ1v) is 11.1. The first-order valence-electron chi connectivity index (χ1n) is 11.1. The van der Waals surface area contributed by atoms with E-state index in [-0.39, 0.29) is 11.6 Å². The molecule has 5 heteroatoms. The minimum absolute atomic E-state index is 0.0175. The first kappa shape index (κ1) is 22.2. The summed E-state index contributed by atoms with van der Waals surface area (Å²) >= 11 is 0. The van der Waals surface area contributed by atoms with Crippen LogP contribution < -0.4 is 4.74 Å². The molecule has 0 saturated carbocycles. The number of carbonyl (C=O) groups excluding carboxylic acids is 1. The van der Waals surface area contributed by atoms with Crippen LogP contribution in [0.1, 0.15) is 46.0 Å². The second-order valence-corrected chi connectivity index (χ2v) is 8.23. The number of aliphatic hydroxyl groups excluding tert-OH is 1. The van der Waals surface area contributed by atoms with E-state index in [0.717, 1.165) is 42.0 Å². The number of hydrogen-bond donors (Lipinski definition) is 1. The molecule has 166 valence electrons. The van der Waals surface area contributed by atoms with Gasteiger partial charge in [-0.25, -0.2) is 4.39 Å². The summed E-state index contributed by atoms with van der Waals surface area (Å²) in [6, 6.07) is 21.6. The van der Waals surface area contributed by atoms with Crippen molar-refractivity contribution in [2.45, 2.75) is 32.0 Å². The molecule has 0 aromatic heterocycles. The van der Waals surface area contributed by atoms with Crippen LogP contribution in [0.3, 0.4) is 0 Å². The van der Waals surface area contributed by atoms with E-state index in [4.69, 9.17) is 4.74 Å². The highest BCUT2D eigenvalue weighted by atomic mass is 19.1. The number of carbonyl (C=O) groups is 1. The summed E-state index contributed by atoms with van der Waals surface area (Å²) in [4.78, 5) is 14.5. The van der Waals surface area contributed by atoms with Crippen molar-refractivity contribution in [2.75, 3.05) is 19.6 Å². The SMILES string of the molecule is O=C(CCCN1CCc2cc(OCc3ccccc3)ccc2C(O)C1)c1ccc(F)cc1. The van der Waals surface area contributed by atoms with Crippen molar-refractivity contribution in [3.8, 4) is 5.75 Å². The van der Waals surface area contributed by atoms with E-state index in [1.165, 1.54) is 24.3 Å². The Hall–Kier alpha value is -3.02. The Morgan fingerprint density at radius 3 is 2.62 bits per heavy atom. The second kappa shape index (κ2) is 10.5. The van der Waals surface area contributed by atoms with Crippen LogP contribution in [0.2, 0.25) is 0 Å². The van der Waals surface area contributed by atoms with Gasteiger partial charge in [0.05, 0.1) is 6.10 Å². The molecule has 3 aromatic carbocycles. The molecule has 1 N–H and O–H groups in total. The molecule has 4 nitrogen and oxygen atoms in total. The number of β-amino-alcohol motifs (C(OH)–C–C–N with tert-alkyl or cyclic N) is 1. The fraction of sp³-hybridized carbons (Fsp3) is 0.296. The molecule has 0 radical (unpaired) electrons. The minimum Gasteiger partial charge on any atom is -0.489 e. The number of Topliss-reactive ketones (excluding diaryl/α,β-unsaturated/α-hetero) is 1. The Labute approximate surface area is 188 Å². The standard InChI is InChI=1S/C27H28FNO3/c28-23-10-8-21(9-11-23)26(30)7-4-15-29-16-14-22-17-24(12-13-25(22)27(31)18-29)32-19-20-5-2-1-3-6-20/h1-3,5-6,8-13,17,27,31H,4,7,14-16,18-19H2. The van der Waals surface area contributed by atoms with E-state index >= 15 is 0 Å². The van der Waals surface area contributed by atoms with Crippen molar-refractivity contribution in [3.63, 3.8) is 0 Å². The van der Waals surface area contributed by atoms with Gasteiger partial charge in [-0.1, -0.05) is 36.4 Å². The van der Waals surface area contributed by atoms with Crippen molar-refractivity contribution in [2.24, 2.45) is 0 Å². The molecule has 1 aliphatic rings. The molecular formula is C27H28FNO3. The zero-order chi connectivity index (χ0) is 22.3. The molecule has 0 spiro atoms. The van der Waals surface area contributed by atoms with Crippen molar-refractivity contribution < 1.29 is 19.0 Å². The summed E-state index contributed by atoms with van der Waals surface area (Å²) in [5.41, 5.74) is 3.71. The molecule has 1 unspecified atom stereocenters. The highest BCUT2D eigenvalue weighted by Gasteiger charge is 2.22. The van der Waals surface area contributed by atoms with Crippen molar-refractivity contribution in [1.29, 1.82) is 0 Å². The van der Waals surface area contributed by atoms with Crippen molar-refractivity contribution in [3.05, 3.63) is 101 Å². The molecule has 1 heterocycles. The topological polar surface area (TPSA) is 49.8 Å². The molecule has 0 fully saturated rings. The van der Waals surface area contributed by atoms with Crippen LogP contribution in [0.5, 0.6) is 5.75 Å². The summed E-state index contributed by atoms with van der Waals surface area (Å²) in [5, 5.41) is 10.7. The lowest BCUT2D eigenvalue weighted by Gasteiger charge is -2.21. The number of fused-ring (bicyclic) bond motifs is 1. The second-order valence-electron chi connectivity index (χ2n) is 8.23. The van der Waals surface area contributed by atoms with Crippen LogP contribution in [0.15, 0.2) is 72.8 Å². The maximum atomic E-state index is 13.0.